The molecule has 0 aliphatic carbocycles. The van der Waals surface area contributed by atoms with E-state index in [0.29, 0.717) is 17.1 Å². The number of carbonyl (C=O) groups is 1. The van der Waals surface area contributed by atoms with Crippen molar-refractivity contribution in [2.24, 2.45) is 0 Å². The number of aromatic nitrogens is 5. The quantitative estimate of drug-likeness (QED) is 0.489. The van der Waals surface area contributed by atoms with Crippen LogP contribution in [-0.2, 0) is 17.9 Å². The third kappa shape index (κ3) is 4.04. The molecule has 0 saturated heterocycles. The Bertz CT molecular complexity index is 1100. The van der Waals surface area contributed by atoms with Crippen LogP contribution in [0.3, 0.4) is 0 Å². The van der Waals surface area contributed by atoms with Gasteiger partial charge in [-0.2, -0.15) is 5.10 Å². The molecule has 9 heteroatoms. The molecule has 0 spiro atoms. The molecule has 0 atom stereocenters. The number of rotatable bonds is 6. The smallest absolute Gasteiger partial charge is 0.244 e. The van der Waals surface area contributed by atoms with Gasteiger partial charge in [0.2, 0.25) is 5.91 Å². The van der Waals surface area contributed by atoms with E-state index in [0.717, 1.165) is 16.1 Å². The van der Waals surface area contributed by atoms with Crippen LogP contribution in [0.1, 0.15) is 5.56 Å². The van der Waals surface area contributed by atoms with Gasteiger partial charge in [0.15, 0.2) is 10.6 Å². The molecular weight excluding hydrogens is 380 g/mol. The van der Waals surface area contributed by atoms with Crippen LogP contribution in [0.15, 0.2) is 60.5 Å². The second-order valence-electron chi connectivity index (χ2n) is 5.90. The van der Waals surface area contributed by atoms with Crippen molar-refractivity contribution < 1.29 is 4.79 Å². The highest BCUT2D eigenvalue weighted by molar-refractivity contribution is 7.71. The molecule has 4 aromatic rings. The molecule has 136 valence electrons. The van der Waals surface area contributed by atoms with E-state index in [-0.39, 0.29) is 12.5 Å². The van der Waals surface area contributed by atoms with Crippen LogP contribution in [0.5, 0.6) is 0 Å². The summed E-state index contributed by atoms with van der Waals surface area (Å²) >= 11 is 6.83. The minimum atomic E-state index is -0.162. The van der Waals surface area contributed by atoms with Gasteiger partial charge in [0.05, 0.1) is 11.2 Å². The van der Waals surface area contributed by atoms with Crippen molar-refractivity contribution in [3.05, 3.63) is 70.8 Å². The molecule has 27 heavy (non-hydrogen) atoms. The summed E-state index contributed by atoms with van der Waals surface area (Å²) in [5.74, 6) is 0.504. The zero-order valence-corrected chi connectivity index (χ0v) is 15.8. The second-order valence-corrected chi connectivity index (χ2v) is 7.23. The summed E-state index contributed by atoms with van der Waals surface area (Å²) in [7, 11) is 0. The molecule has 0 radical (unpaired) electrons. The van der Waals surface area contributed by atoms with E-state index in [4.69, 9.17) is 12.2 Å². The molecule has 0 saturated carbocycles. The average Bonchev–Trinajstić information content (AvgIpc) is 3.39. The maximum absolute atomic E-state index is 12.6. The van der Waals surface area contributed by atoms with Crippen LogP contribution in [-0.4, -0.2) is 30.2 Å². The molecule has 1 aromatic carbocycles. The number of amides is 1. The van der Waals surface area contributed by atoms with Gasteiger partial charge in [0.25, 0.3) is 0 Å². The van der Waals surface area contributed by atoms with Gasteiger partial charge in [-0.1, -0.05) is 18.2 Å². The summed E-state index contributed by atoms with van der Waals surface area (Å²) < 4.78 is 4.09. The van der Waals surface area contributed by atoms with E-state index >= 15 is 0 Å². The molecule has 4 rings (SSSR count). The number of carbonyl (C=O) groups excluding carboxylic acids is 1. The van der Waals surface area contributed by atoms with E-state index in [9.17, 15) is 4.79 Å². The van der Waals surface area contributed by atoms with Crippen molar-refractivity contribution in [3.8, 4) is 10.7 Å². The molecular formula is C18H16N6OS2. The van der Waals surface area contributed by atoms with Crippen molar-refractivity contribution in [2.75, 3.05) is 5.32 Å². The molecule has 0 aliphatic heterocycles. The van der Waals surface area contributed by atoms with Crippen molar-refractivity contribution in [3.63, 3.8) is 0 Å². The fraction of sp³-hybridized carbons (Fsp3) is 0.111. The highest BCUT2D eigenvalue weighted by atomic mass is 32.1. The molecule has 3 heterocycles. The molecule has 7 nitrogen and oxygen atoms in total. The first kappa shape index (κ1) is 17.4. The Labute approximate surface area is 164 Å². The molecule has 0 unspecified atom stereocenters. The van der Waals surface area contributed by atoms with Gasteiger partial charge >= 0.3 is 0 Å². The van der Waals surface area contributed by atoms with Gasteiger partial charge in [0.1, 0.15) is 6.54 Å². The lowest BCUT2D eigenvalue weighted by molar-refractivity contribution is -0.116. The topological polar surface area (TPSA) is 80.5 Å². The number of hydrogen-bond acceptors (Lipinski definition) is 5. The Kier molecular flexibility index (Phi) is 4.95. The van der Waals surface area contributed by atoms with Crippen LogP contribution >= 0.6 is 23.6 Å². The fourth-order valence-corrected chi connectivity index (χ4v) is 3.66. The standard InChI is InChI=1S/C18H16N6OS2/c25-16(11-24-17(21-22-18(24)26)15-5-2-8-27-15)20-14-4-1-3-13(9-14)10-23-7-6-19-12-23/h1-9,12H,10-11H2,(H,20,25)(H,22,26). The maximum Gasteiger partial charge on any atom is 0.244 e. The average molecular weight is 397 g/mol. The summed E-state index contributed by atoms with van der Waals surface area (Å²) in [6, 6.07) is 11.6. The Morgan fingerprint density at radius 2 is 2.22 bits per heavy atom. The normalized spacial score (nSPS) is 10.8. The van der Waals surface area contributed by atoms with Crippen molar-refractivity contribution >= 4 is 35.1 Å². The predicted molar refractivity (Wildman–Crippen MR) is 107 cm³/mol. The van der Waals surface area contributed by atoms with Crippen LogP contribution in [0.25, 0.3) is 10.7 Å². The first-order valence-electron chi connectivity index (χ1n) is 8.22. The van der Waals surface area contributed by atoms with E-state index in [1.54, 1.807) is 28.4 Å². The number of aromatic amines is 1. The zero-order chi connectivity index (χ0) is 18.6. The molecule has 0 fully saturated rings. The first-order valence-corrected chi connectivity index (χ1v) is 9.51. The monoisotopic (exact) mass is 396 g/mol. The number of imidazole rings is 1. The van der Waals surface area contributed by atoms with Gasteiger partial charge in [-0.05, 0) is 41.4 Å². The van der Waals surface area contributed by atoms with Crippen molar-refractivity contribution in [1.82, 2.24) is 24.3 Å². The number of thiophene rings is 1. The number of hydrogen-bond donors (Lipinski definition) is 2. The van der Waals surface area contributed by atoms with E-state index in [1.807, 2.05) is 52.5 Å². The molecule has 2 N–H and O–H groups in total. The summed E-state index contributed by atoms with van der Waals surface area (Å²) in [6.07, 6.45) is 5.40. The highest BCUT2D eigenvalue weighted by Crippen LogP contribution is 2.22. The fourth-order valence-electron chi connectivity index (χ4n) is 2.74. The lowest BCUT2D eigenvalue weighted by Gasteiger charge is -2.09. The minimum Gasteiger partial charge on any atom is -0.333 e. The zero-order valence-electron chi connectivity index (χ0n) is 14.2. The van der Waals surface area contributed by atoms with Gasteiger partial charge in [0, 0.05) is 24.6 Å². The SMILES string of the molecule is O=C(Cn1c(-c2cccs2)n[nH]c1=S)Nc1cccc(Cn2ccnc2)c1. The lowest BCUT2D eigenvalue weighted by Crippen LogP contribution is -2.19. The number of nitrogens with one attached hydrogen (secondary N) is 2. The molecule has 3 aromatic heterocycles. The molecule has 0 bridgehead atoms. The van der Waals surface area contributed by atoms with E-state index in [1.165, 1.54) is 0 Å². The van der Waals surface area contributed by atoms with Crippen LogP contribution < -0.4 is 5.32 Å². The van der Waals surface area contributed by atoms with Gasteiger partial charge < -0.3 is 9.88 Å². The van der Waals surface area contributed by atoms with Gasteiger partial charge in [-0.3, -0.25) is 14.5 Å². The summed E-state index contributed by atoms with van der Waals surface area (Å²) in [5, 5.41) is 11.9. The Balaban J connectivity index is 1.48. The van der Waals surface area contributed by atoms with Crippen LogP contribution in [0.2, 0.25) is 0 Å². The second kappa shape index (κ2) is 7.68. The Morgan fingerprint density at radius 3 is 3.00 bits per heavy atom. The Hall–Kier alpha value is -3.04. The Morgan fingerprint density at radius 1 is 1.30 bits per heavy atom. The lowest BCUT2D eigenvalue weighted by atomic mass is 10.2. The maximum atomic E-state index is 12.6. The van der Waals surface area contributed by atoms with Crippen LogP contribution in [0.4, 0.5) is 5.69 Å². The van der Waals surface area contributed by atoms with Crippen molar-refractivity contribution in [1.29, 1.82) is 0 Å². The van der Waals surface area contributed by atoms with Crippen LogP contribution in [0, 0.1) is 4.77 Å². The van der Waals surface area contributed by atoms with Gasteiger partial charge in [-0.15, -0.1) is 11.3 Å². The predicted octanol–water partition coefficient (Wildman–Crippen LogP) is 3.55. The molecule has 0 aliphatic rings. The van der Waals surface area contributed by atoms with E-state index < -0.39 is 0 Å². The first-order chi connectivity index (χ1) is 13.2. The highest BCUT2D eigenvalue weighted by Gasteiger charge is 2.13. The van der Waals surface area contributed by atoms with E-state index in [2.05, 4.69) is 20.5 Å². The van der Waals surface area contributed by atoms with Crippen molar-refractivity contribution in [2.45, 2.75) is 13.1 Å². The third-order valence-corrected chi connectivity index (χ3v) is 5.11. The van der Waals surface area contributed by atoms with Gasteiger partial charge in [-0.25, -0.2) is 4.98 Å². The summed E-state index contributed by atoms with van der Waals surface area (Å²) in [4.78, 5) is 17.5. The summed E-state index contributed by atoms with van der Waals surface area (Å²) in [5.41, 5.74) is 1.82. The molecule has 1 amide bonds. The number of nitrogens with zero attached hydrogens (tertiary/aromatic N) is 4. The number of anilines is 1. The largest absolute Gasteiger partial charge is 0.333 e. The third-order valence-electron chi connectivity index (χ3n) is 3.94. The number of benzene rings is 1. The summed E-state index contributed by atoms with van der Waals surface area (Å²) in [6.45, 7) is 0.785. The number of H-pyrrole nitrogens is 1. The minimum absolute atomic E-state index is 0.0916.